The normalized spacial score (nSPS) is 15.9. The van der Waals surface area contributed by atoms with Gasteiger partial charge in [-0.2, -0.15) is 5.10 Å². The van der Waals surface area contributed by atoms with Gasteiger partial charge in [0.15, 0.2) is 0 Å². The molecule has 4 nitrogen and oxygen atoms in total. The topological polar surface area (TPSA) is 66.0 Å². The van der Waals surface area contributed by atoms with Gasteiger partial charge in [-0.3, -0.25) is 5.10 Å². The summed E-state index contributed by atoms with van der Waals surface area (Å²) in [5, 5.41) is 16.4. The standard InChI is InChI=1S/C17H19FN2O2/c1-10-7-8-12(17(21)22)15(16(10)18)14-9-13(19-20-14)11-5-3-2-4-6-11/h7-9,11H,2-6H2,1H3,(H,19,20)(H,21,22). The first-order valence-corrected chi connectivity index (χ1v) is 7.66. The highest BCUT2D eigenvalue weighted by atomic mass is 19.1. The number of H-pyrrole nitrogens is 1. The molecule has 1 aliphatic rings. The Bertz CT molecular complexity index is 703. The number of hydrogen-bond donors (Lipinski definition) is 2. The van der Waals surface area contributed by atoms with Crippen molar-refractivity contribution in [1.82, 2.24) is 10.2 Å². The average Bonchev–Trinajstić information content (AvgIpc) is 3.00. The van der Waals surface area contributed by atoms with E-state index in [1.54, 1.807) is 13.0 Å². The molecule has 3 rings (SSSR count). The van der Waals surface area contributed by atoms with Crippen molar-refractivity contribution in [3.8, 4) is 11.3 Å². The molecule has 0 bridgehead atoms. The van der Waals surface area contributed by atoms with Crippen molar-refractivity contribution in [3.05, 3.63) is 40.8 Å². The summed E-state index contributed by atoms with van der Waals surface area (Å²) < 4.78 is 14.4. The highest BCUT2D eigenvalue weighted by molar-refractivity contribution is 5.95. The molecule has 0 aliphatic heterocycles. The molecule has 2 N–H and O–H groups in total. The van der Waals surface area contributed by atoms with Crippen molar-refractivity contribution in [2.45, 2.75) is 44.9 Å². The summed E-state index contributed by atoms with van der Waals surface area (Å²) in [4.78, 5) is 11.4. The Morgan fingerprint density at radius 2 is 2.05 bits per heavy atom. The third-order valence-corrected chi connectivity index (χ3v) is 4.46. The number of carboxylic acid groups (broad SMARTS) is 1. The smallest absolute Gasteiger partial charge is 0.336 e. The molecule has 22 heavy (non-hydrogen) atoms. The lowest BCUT2D eigenvalue weighted by Gasteiger charge is -2.19. The predicted octanol–water partition coefficient (Wildman–Crippen LogP) is 4.27. The van der Waals surface area contributed by atoms with Gasteiger partial charge in [-0.15, -0.1) is 0 Å². The molecule has 0 amide bonds. The molecular formula is C17H19FN2O2. The highest BCUT2D eigenvalue weighted by Crippen LogP contribution is 2.34. The summed E-state index contributed by atoms with van der Waals surface area (Å²) in [5.74, 6) is -1.24. The second kappa shape index (κ2) is 5.91. The zero-order chi connectivity index (χ0) is 15.7. The van der Waals surface area contributed by atoms with Crippen molar-refractivity contribution in [2.24, 2.45) is 0 Å². The fourth-order valence-electron chi connectivity index (χ4n) is 3.20. The number of aromatic nitrogens is 2. The molecule has 0 unspecified atom stereocenters. The second-order valence-corrected chi connectivity index (χ2v) is 5.97. The third kappa shape index (κ3) is 2.63. The van der Waals surface area contributed by atoms with Crippen LogP contribution in [-0.4, -0.2) is 21.3 Å². The highest BCUT2D eigenvalue weighted by Gasteiger charge is 2.23. The van der Waals surface area contributed by atoms with Gasteiger partial charge in [0.05, 0.1) is 16.8 Å². The zero-order valence-corrected chi connectivity index (χ0v) is 12.5. The van der Waals surface area contributed by atoms with E-state index in [2.05, 4.69) is 10.2 Å². The fraction of sp³-hybridized carbons (Fsp3) is 0.412. The maximum Gasteiger partial charge on any atom is 0.336 e. The number of benzene rings is 1. The summed E-state index contributed by atoms with van der Waals surface area (Å²) in [5.41, 5.74) is 1.80. The number of nitrogens with one attached hydrogen (secondary N) is 1. The van der Waals surface area contributed by atoms with E-state index in [9.17, 15) is 14.3 Å². The van der Waals surface area contributed by atoms with Crippen molar-refractivity contribution in [3.63, 3.8) is 0 Å². The van der Waals surface area contributed by atoms with Crippen LogP contribution in [0.3, 0.4) is 0 Å². The molecule has 0 radical (unpaired) electrons. The predicted molar refractivity (Wildman–Crippen MR) is 81.5 cm³/mol. The monoisotopic (exact) mass is 302 g/mol. The Balaban J connectivity index is 2.02. The minimum Gasteiger partial charge on any atom is -0.478 e. The van der Waals surface area contributed by atoms with Crippen LogP contribution < -0.4 is 0 Å². The van der Waals surface area contributed by atoms with Crippen molar-refractivity contribution >= 4 is 5.97 Å². The summed E-state index contributed by atoms with van der Waals surface area (Å²) in [6.07, 6.45) is 5.84. The van der Waals surface area contributed by atoms with Crippen LogP contribution >= 0.6 is 0 Å². The van der Waals surface area contributed by atoms with E-state index < -0.39 is 11.8 Å². The summed E-state index contributed by atoms with van der Waals surface area (Å²) in [7, 11) is 0. The summed E-state index contributed by atoms with van der Waals surface area (Å²) in [6.45, 7) is 1.62. The molecular weight excluding hydrogens is 283 g/mol. The Kier molecular flexibility index (Phi) is 3.96. The zero-order valence-electron chi connectivity index (χ0n) is 12.5. The van der Waals surface area contributed by atoms with Crippen LogP contribution in [0.15, 0.2) is 18.2 Å². The Hall–Kier alpha value is -2.17. The van der Waals surface area contributed by atoms with Gasteiger partial charge in [-0.1, -0.05) is 25.3 Å². The van der Waals surface area contributed by atoms with E-state index in [1.807, 2.05) is 0 Å². The summed E-state index contributed by atoms with van der Waals surface area (Å²) in [6, 6.07) is 4.72. The van der Waals surface area contributed by atoms with Crippen LogP contribution in [0.5, 0.6) is 0 Å². The quantitative estimate of drug-likeness (QED) is 0.889. The Labute approximate surface area is 128 Å². The number of halogens is 1. The van der Waals surface area contributed by atoms with Gasteiger partial charge in [-0.25, -0.2) is 9.18 Å². The lowest BCUT2D eigenvalue weighted by molar-refractivity contribution is 0.0697. The fourth-order valence-corrected chi connectivity index (χ4v) is 3.20. The van der Waals surface area contributed by atoms with E-state index in [4.69, 9.17) is 0 Å². The number of carboxylic acids is 1. The molecule has 1 aromatic heterocycles. The summed E-state index contributed by atoms with van der Waals surface area (Å²) >= 11 is 0. The molecule has 1 fully saturated rings. The largest absolute Gasteiger partial charge is 0.478 e. The Morgan fingerprint density at radius 1 is 1.32 bits per heavy atom. The average molecular weight is 302 g/mol. The molecule has 0 atom stereocenters. The lowest BCUT2D eigenvalue weighted by Crippen LogP contribution is -2.04. The van der Waals surface area contributed by atoms with E-state index in [0.29, 0.717) is 17.2 Å². The SMILES string of the molecule is Cc1ccc(C(=O)O)c(-c2cc(C3CCCCC3)[nH]n2)c1F. The van der Waals surface area contributed by atoms with Crippen LogP contribution in [-0.2, 0) is 0 Å². The van der Waals surface area contributed by atoms with E-state index in [-0.39, 0.29) is 11.1 Å². The van der Waals surface area contributed by atoms with Crippen molar-refractivity contribution in [1.29, 1.82) is 0 Å². The van der Waals surface area contributed by atoms with Gasteiger partial charge < -0.3 is 5.11 Å². The molecule has 1 aromatic carbocycles. The van der Waals surface area contributed by atoms with Crippen LogP contribution in [0, 0.1) is 12.7 Å². The maximum absolute atomic E-state index is 14.4. The van der Waals surface area contributed by atoms with Crippen molar-refractivity contribution < 1.29 is 14.3 Å². The first-order chi connectivity index (χ1) is 10.6. The van der Waals surface area contributed by atoms with E-state index >= 15 is 0 Å². The van der Waals surface area contributed by atoms with Gasteiger partial charge >= 0.3 is 5.97 Å². The van der Waals surface area contributed by atoms with Crippen molar-refractivity contribution in [2.75, 3.05) is 0 Å². The first kappa shape index (κ1) is 14.8. The molecule has 116 valence electrons. The number of carbonyl (C=O) groups is 1. The van der Waals surface area contributed by atoms with E-state index in [1.165, 1.54) is 31.4 Å². The van der Waals surface area contributed by atoms with Gasteiger partial charge in [0.2, 0.25) is 0 Å². The lowest BCUT2D eigenvalue weighted by atomic mass is 9.87. The van der Waals surface area contributed by atoms with Gasteiger partial charge in [0.1, 0.15) is 5.82 Å². The number of rotatable bonds is 3. The molecule has 1 aliphatic carbocycles. The van der Waals surface area contributed by atoms with Crippen LogP contribution in [0.1, 0.15) is 59.6 Å². The second-order valence-electron chi connectivity index (χ2n) is 5.97. The maximum atomic E-state index is 14.4. The van der Waals surface area contributed by atoms with Crippen LogP contribution in [0.25, 0.3) is 11.3 Å². The van der Waals surface area contributed by atoms with Crippen LogP contribution in [0.2, 0.25) is 0 Å². The molecule has 2 aromatic rings. The molecule has 0 spiro atoms. The number of hydrogen-bond acceptors (Lipinski definition) is 2. The molecule has 1 heterocycles. The number of aryl methyl sites for hydroxylation is 1. The first-order valence-electron chi connectivity index (χ1n) is 7.66. The number of aromatic carboxylic acids is 1. The number of nitrogens with zero attached hydrogens (tertiary/aromatic N) is 1. The van der Waals surface area contributed by atoms with Gasteiger partial charge in [-0.05, 0) is 37.5 Å². The number of aromatic amines is 1. The molecule has 1 saturated carbocycles. The third-order valence-electron chi connectivity index (χ3n) is 4.46. The van der Waals surface area contributed by atoms with Gasteiger partial charge in [0, 0.05) is 11.6 Å². The van der Waals surface area contributed by atoms with Crippen LogP contribution in [0.4, 0.5) is 4.39 Å². The minimum absolute atomic E-state index is 0.0511. The van der Waals surface area contributed by atoms with E-state index in [0.717, 1.165) is 18.5 Å². The van der Waals surface area contributed by atoms with Gasteiger partial charge in [0.25, 0.3) is 0 Å². The molecule has 5 heteroatoms. The molecule has 0 saturated heterocycles. The minimum atomic E-state index is -1.14. The Morgan fingerprint density at radius 3 is 2.73 bits per heavy atom.